The summed E-state index contributed by atoms with van der Waals surface area (Å²) in [5.41, 5.74) is 0. The van der Waals surface area contributed by atoms with Crippen LogP contribution in [0.4, 0.5) is 0 Å². The number of unbranched alkanes of at least 4 members (excludes halogenated alkanes) is 42. The molecule has 0 radical (unpaired) electrons. The predicted octanol–water partition coefficient (Wildman–Crippen LogP) is 21.7. The summed E-state index contributed by atoms with van der Waals surface area (Å²) in [4.78, 5) is 12.5. The van der Waals surface area contributed by atoms with Crippen LogP contribution in [0.25, 0.3) is 0 Å². The molecule has 0 aliphatic rings. The van der Waals surface area contributed by atoms with E-state index >= 15 is 0 Å². The maximum Gasteiger partial charge on any atom is 0.220 e. The first-order chi connectivity index (χ1) is 35.7. The van der Waals surface area contributed by atoms with E-state index in [1.807, 2.05) is 6.08 Å². The molecule has 1 amide bonds. The van der Waals surface area contributed by atoms with Gasteiger partial charge in [0.1, 0.15) is 0 Å². The Bertz CT molecular complexity index is 1230. The van der Waals surface area contributed by atoms with E-state index in [1.54, 1.807) is 6.08 Å². The molecule has 0 bridgehead atoms. The molecule has 0 aromatic carbocycles. The van der Waals surface area contributed by atoms with Gasteiger partial charge in [-0.15, -0.1) is 0 Å². The summed E-state index contributed by atoms with van der Waals surface area (Å²) in [6, 6.07) is -0.652. The molecule has 4 heteroatoms. The summed E-state index contributed by atoms with van der Waals surface area (Å²) in [6.07, 6.45) is 91.0. The molecule has 0 aliphatic heterocycles. The van der Waals surface area contributed by atoms with Gasteiger partial charge in [-0.25, -0.2) is 0 Å². The molecule has 72 heavy (non-hydrogen) atoms. The third-order valence-electron chi connectivity index (χ3n) is 14.6. The van der Waals surface area contributed by atoms with Crippen LogP contribution in [0.1, 0.15) is 335 Å². The van der Waals surface area contributed by atoms with Crippen LogP contribution in [-0.2, 0) is 4.79 Å². The van der Waals surface area contributed by atoms with Crippen molar-refractivity contribution in [3.8, 4) is 0 Å². The van der Waals surface area contributed by atoms with Gasteiger partial charge in [0.25, 0.3) is 0 Å². The second kappa shape index (κ2) is 63.1. The number of aliphatic hydroxyl groups is 2. The van der Waals surface area contributed by atoms with Gasteiger partial charge in [-0.2, -0.15) is 0 Å². The smallest absolute Gasteiger partial charge is 0.220 e. The van der Waals surface area contributed by atoms with Gasteiger partial charge in [-0.05, 0) is 83.5 Å². The normalized spacial score (nSPS) is 13.2. The summed E-state index contributed by atoms with van der Waals surface area (Å²) in [5.74, 6) is -0.0784. The molecular formula is C68H125NO3. The zero-order chi connectivity index (χ0) is 52.0. The third kappa shape index (κ3) is 58.7. The Morgan fingerprint density at radius 3 is 0.903 bits per heavy atom. The predicted molar refractivity (Wildman–Crippen MR) is 322 cm³/mol. The minimum Gasteiger partial charge on any atom is -0.394 e. The number of carbonyl (C=O) groups is 1. The van der Waals surface area contributed by atoms with Crippen LogP contribution in [0.2, 0.25) is 0 Å². The molecule has 2 unspecified atom stereocenters. The average Bonchev–Trinajstić information content (AvgIpc) is 3.39. The van der Waals surface area contributed by atoms with Crippen molar-refractivity contribution in [3.05, 3.63) is 72.9 Å². The molecule has 0 spiro atoms. The first-order valence-electron chi connectivity index (χ1n) is 32.2. The summed E-state index contributed by atoms with van der Waals surface area (Å²) < 4.78 is 0. The lowest BCUT2D eigenvalue weighted by molar-refractivity contribution is -0.123. The fraction of sp³-hybridized carbons (Fsp3) is 0.809. The van der Waals surface area contributed by atoms with Crippen molar-refractivity contribution >= 4 is 5.91 Å². The molecular weight excluding hydrogens is 879 g/mol. The van der Waals surface area contributed by atoms with Crippen molar-refractivity contribution in [2.45, 2.75) is 347 Å². The number of hydrogen-bond acceptors (Lipinski definition) is 3. The summed E-state index contributed by atoms with van der Waals surface area (Å²) in [5, 5.41) is 23.2. The lowest BCUT2D eigenvalue weighted by Gasteiger charge is -2.19. The maximum absolute atomic E-state index is 12.5. The number of amides is 1. The second-order valence-electron chi connectivity index (χ2n) is 21.8. The highest BCUT2D eigenvalue weighted by Crippen LogP contribution is 2.17. The Hall–Kier alpha value is -2.17. The van der Waals surface area contributed by atoms with Gasteiger partial charge in [0, 0.05) is 6.42 Å². The Morgan fingerprint density at radius 1 is 0.333 bits per heavy atom. The molecule has 0 aliphatic carbocycles. The van der Waals surface area contributed by atoms with E-state index in [1.165, 1.54) is 263 Å². The molecule has 0 heterocycles. The number of aliphatic hydroxyl groups excluding tert-OH is 2. The van der Waals surface area contributed by atoms with Gasteiger partial charge >= 0.3 is 0 Å². The monoisotopic (exact) mass is 1000 g/mol. The van der Waals surface area contributed by atoms with Crippen LogP contribution < -0.4 is 5.32 Å². The maximum atomic E-state index is 12.5. The minimum absolute atomic E-state index is 0.0784. The van der Waals surface area contributed by atoms with Crippen molar-refractivity contribution in [2.75, 3.05) is 6.61 Å². The standard InChI is InChI=1S/C68H125NO3/c1-3-5-7-9-11-13-15-17-19-21-23-25-27-29-31-32-33-34-35-36-38-39-41-43-45-47-49-51-53-55-57-59-61-63-67(71)66(65-70)69-68(72)64-62-60-58-56-54-52-50-48-46-44-42-40-37-30-28-26-24-22-20-18-16-14-12-10-8-6-4-2/h16,18,22,24,28,30,45,47,53,55,61,63,66-67,70-71H,3-15,17,19-21,23,25-27,29,31-44,46,48-52,54,56-60,62,64-65H2,1-2H3,(H,69,72)/b18-16-,24-22-,30-28-,47-45+,55-53+,63-61+. The first kappa shape index (κ1) is 69.8. The van der Waals surface area contributed by atoms with Crippen molar-refractivity contribution in [3.63, 3.8) is 0 Å². The van der Waals surface area contributed by atoms with Gasteiger partial charge in [0.15, 0.2) is 0 Å². The lowest BCUT2D eigenvalue weighted by Crippen LogP contribution is -2.45. The van der Waals surface area contributed by atoms with E-state index in [2.05, 4.69) is 79.9 Å². The van der Waals surface area contributed by atoms with Crippen LogP contribution in [0.5, 0.6) is 0 Å². The molecule has 0 rings (SSSR count). The number of hydrogen-bond donors (Lipinski definition) is 3. The van der Waals surface area contributed by atoms with Gasteiger partial charge < -0.3 is 15.5 Å². The first-order valence-corrected chi connectivity index (χ1v) is 32.2. The highest BCUT2D eigenvalue weighted by molar-refractivity contribution is 5.76. The summed E-state index contributed by atoms with van der Waals surface area (Å²) >= 11 is 0. The number of allylic oxidation sites excluding steroid dienone is 11. The highest BCUT2D eigenvalue weighted by atomic mass is 16.3. The van der Waals surface area contributed by atoms with Gasteiger partial charge in [-0.3, -0.25) is 4.79 Å². The zero-order valence-electron chi connectivity index (χ0n) is 48.4. The van der Waals surface area contributed by atoms with Crippen molar-refractivity contribution in [1.82, 2.24) is 5.32 Å². The SMILES string of the molecule is CCCCCCC/C=C\C/C=C\C/C=C\CCCCCCCCCCCCCCC(=O)NC(CO)C(O)/C=C/CC/C=C/CC/C=C/CCCCCCCCCCCCCCCCCCCCCCCCC. The van der Waals surface area contributed by atoms with Crippen molar-refractivity contribution < 1.29 is 15.0 Å². The molecule has 0 aromatic rings. The third-order valence-corrected chi connectivity index (χ3v) is 14.6. The number of rotatable bonds is 59. The molecule has 0 saturated heterocycles. The zero-order valence-corrected chi connectivity index (χ0v) is 48.4. The Morgan fingerprint density at radius 2 is 0.583 bits per heavy atom. The summed E-state index contributed by atoms with van der Waals surface area (Å²) in [6.45, 7) is 4.31. The van der Waals surface area contributed by atoms with Crippen LogP contribution in [0.3, 0.4) is 0 Å². The van der Waals surface area contributed by atoms with Gasteiger partial charge in [0.2, 0.25) is 5.91 Å². The topological polar surface area (TPSA) is 69.6 Å². The van der Waals surface area contributed by atoms with Gasteiger partial charge in [-0.1, -0.05) is 318 Å². The molecule has 0 fully saturated rings. The fourth-order valence-electron chi connectivity index (χ4n) is 9.75. The molecule has 0 saturated carbocycles. The van der Waals surface area contributed by atoms with E-state index in [0.29, 0.717) is 6.42 Å². The van der Waals surface area contributed by atoms with Crippen LogP contribution in [0.15, 0.2) is 72.9 Å². The minimum atomic E-state index is -0.876. The molecule has 2 atom stereocenters. The quantitative estimate of drug-likeness (QED) is 0.0420. The molecule has 0 aromatic heterocycles. The van der Waals surface area contributed by atoms with Gasteiger partial charge in [0.05, 0.1) is 18.8 Å². The molecule has 420 valence electrons. The van der Waals surface area contributed by atoms with E-state index in [0.717, 1.165) is 51.4 Å². The van der Waals surface area contributed by atoms with E-state index < -0.39 is 12.1 Å². The summed E-state index contributed by atoms with van der Waals surface area (Å²) in [7, 11) is 0. The van der Waals surface area contributed by atoms with Crippen LogP contribution in [-0.4, -0.2) is 34.9 Å². The van der Waals surface area contributed by atoms with Crippen LogP contribution in [0, 0.1) is 0 Å². The Balaban J connectivity index is 3.54. The number of carbonyl (C=O) groups excluding carboxylic acids is 1. The van der Waals surface area contributed by atoms with E-state index in [4.69, 9.17) is 0 Å². The fourth-order valence-corrected chi connectivity index (χ4v) is 9.75. The van der Waals surface area contributed by atoms with Crippen molar-refractivity contribution in [1.29, 1.82) is 0 Å². The Kier molecular flexibility index (Phi) is 61.2. The van der Waals surface area contributed by atoms with Crippen molar-refractivity contribution in [2.24, 2.45) is 0 Å². The Labute approximate surface area is 450 Å². The van der Waals surface area contributed by atoms with Crippen LogP contribution >= 0.6 is 0 Å². The highest BCUT2D eigenvalue weighted by Gasteiger charge is 2.18. The average molecular weight is 1000 g/mol. The number of nitrogens with one attached hydrogen (secondary N) is 1. The second-order valence-corrected chi connectivity index (χ2v) is 21.8. The van der Waals surface area contributed by atoms with E-state index in [9.17, 15) is 15.0 Å². The van der Waals surface area contributed by atoms with E-state index in [-0.39, 0.29) is 12.5 Å². The largest absolute Gasteiger partial charge is 0.394 e. The molecule has 3 N–H and O–H groups in total. The lowest BCUT2D eigenvalue weighted by atomic mass is 10.0. The molecule has 4 nitrogen and oxygen atoms in total.